The number of nitrogens with one attached hydrogen (secondary N) is 1. The zero-order valence-corrected chi connectivity index (χ0v) is 6.44. The molecule has 0 fully saturated rings. The van der Waals surface area contributed by atoms with E-state index >= 15 is 0 Å². The summed E-state index contributed by atoms with van der Waals surface area (Å²) in [6.45, 7) is 2.75. The van der Waals surface area contributed by atoms with Crippen molar-refractivity contribution < 1.29 is 0 Å². The van der Waals surface area contributed by atoms with Gasteiger partial charge in [-0.05, 0) is 19.1 Å². The molecule has 4 heteroatoms. The van der Waals surface area contributed by atoms with Gasteiger partial charge in [-0.15, -0.1) is 0 Å². The zero-order chi connectivity index (χ0) is 7.56. The van der Waals surface area contributed by atoms with Crippen LogP contribution >= 0.6 is 12.2 Å². The minimum absolute atomic E-state index is 0.144. The Balaban J connectivity index is 3.34. The highest BCUT2D eigenvalue weighted by Crippen LogP contribution is 1.83. The summed E-state index contributed by atoms with van der Waals surface area (Å²) >= 11 is 4.85. The Morgan fingerprint density at radius 2 is 2.50 bits per heavy atom. The third-order valence-electron chi connectivity index (χ3n) is 1.24. The lowest BCUT2D eigenvalue weighted by Crippen LogP contribution is -2.09. The second kappa shape index (κ2) is 2.79. The number of aromatic nitrogens is 2. The molecule has 1 rings (SSSR count). The molecule has 0 aliphatic heterocycles. The summed E-state index contributed by atoms with van der Waals surface area (Å²) in [4.78, 5) is 13.1. The molecule has 3 nitrogen and oxygen atoms in total. The number of H-pyrrole nitrogens is 1. The first-order valence-electron chi connectivity index (χ1n) is 3.04. The highest BCUT2D eigenvalue weighted by Gasteiger charge is 1.86. The predicted octanol–water partition coefficient (Wildman–Crippen LogP) is 0.926. The average molecular weight is 156 g/mol. The van der Waals surface area contributed by atoms with E-state index in [-0.39, 0.29) is 5.56 Å². The van der Waals surface area contributed by atoms with Gasteiger partial charge in [0, 0.05) is 18.8 Å². The largest absolute Gasteiger partial charge is 0.325 e. The van der Waals surface area contributed by atoms with Crippen LogP contribution in [-0.2, 0) is 6.54 Å². The van der Waals surface area contributed by atoms with E-state index in [9.17, 15) is 4.79 Å². The molecule has 1 heterocycles. The summed E-state index contributed by atoms with van der Waals surface area (Å²) < 4.78 is 2.27. The lowest BCUT2D eigenvalue weighted by atomic mass is 10.6. The quantitative estimate of drug-likeness (QED) is 0.614. The fourth-order valence-corrected chi connectivity index (χ4v) is 0.984. The molecular formula is C6H8N2OS. The first kappa shape index (κ1) is 7.21. The van der Waals surface area contributed by atoms with E-state index in [1.165, 1.54) is 6.07 Å². The average Bonchev–Trinajstić information content (AvgIpc) is 1.88. The minimum Gasteiger partial charge on any atom is -0.325 e. The third kappa shape index (κ3) is 1.33. The number of aryl methyl sites for hydroxylation is 1. The van der Waals surface area contributed by atoms with E-state index in [4.69, 9.17) is 12.2 Å². The molecule has 0 atom stereocenters. The number of hydrogen-bond acceptors (Lipinski definition) is 2. The highest BCUT2D eigenvalue weighted by atomic mass is 32.1. The molecule has 54 valence electrons. The summed E-state index contributed by atoms with van der Waals surface area (Å²) in [6, 6.07) is 1.46. The molecule has 0 aliphatic carbocycles. The van der Waals surface area contributed by atoms with Gasteiger partial charge < -0.3 is 4.57 Å². The van der Waals surface area contributed by atoms with Gasteiger partial charge in [-0.2, -0.15) is 0 Å². The molecule has 1 N–H and O–H groups in total. The van der Waals surface area contributed by atoms with Gasteiger partial charge in [-0.3, -0.25) is 9.78 Å². The van der Waals surface area contributed by atoms with Crippen LogP contribution in [0, 0.1) is 4.77 Å². The van der Waals surface area contributed by atoms with E-state index in [1.807, 2.05) is 6.92 Å². The summed E-state index contributed by atoms with van der Waals surface area (Å²) in [7, 11) is 0. The standard InChI is InChI=1S/C6H8N2OS/c1-2-8-4-3-5(9)7-6(8)10/h3-4H,2H2,1H3,(H,7,9,10). The topological polar surface area (TPSA) is 37.8 Å². The van der Waals surface area contributed by atoms with E-state index in [0.717, 1.165) is 6.54 Å². The molecule has 1 aromatic heterocycles. The maximum atomic E-state index is 10.6. The summed E-state index contributed by atoms with van der Waals surface area (Å²) in [5.74, 6) is 0. The lowest BCUT2D eigenvalue weighted by Gasteiger charge is -1.98. The van der Waals surface area contributed by atoms with E-state index in [1.54, 1.807) is 10.8 Å². The monoisotopic (exact) mass is 156 g/mol. The molecule has 0 spiro atoms. The molecule has 0 saturated carbocycles. The van der Waals surface area contributed by atoms with Crippen LogP contribution < -0.4 is 5.56 Å². The van der Waals surface area contributed by atoms with E-state index in [0.29, 0.717) is 4.77 Å². The predicted molar refractivity (Wildman–Crippen MR) is 41.6 cm³/mol. The van der Waals surface area contributed by atoms with Gasteiger partial charge in [0.2, 0.25) is 0 Å². The molecular weight excluding hydrogens is 148 g/mol. The Hall–Kier alpha value is -0.900. The zero-order valence-electron chi connectivity index (χ0n) is 5.63. The van der Waals surface area contributed by atoms with Crippen LogP contribution in [0.25, 0.3) is 0 Å². The maximum Gasteiger partial charge on any atom is 0.251 e. The molecule has 0 amide bonds. The van der Waals surface area contributed by atoms with E-state index < -0.39 is 0 Å². The molecule has 0 unspecified atom stereocenters. The van der Waals surface area contributed by atoms with Gasteiger partial charge in [-0.25, -0.2) is 0 Å². The Kier molecular flexibility index (Phi) is 2.01. The summed E-state index contributed by atoms with van der Waals surface area (Å²) in [6.07, 6.45) is 1.68. The Morgan fingerprint density at radius 3 is 3.00 bits per heavy atom. The molecule has 0 aromatic carbocycles. The van der Waals surface area contributed by atoms with Gasteiger partial charge >= 0.3 is 0 Å². The van der Waals surface area contributed by atoms with Crippen LogP contribution in [-0.4, -0.2) is 9.55 Å². The van der Waals surface area contributed by atoms with Gasteiger partial charge in [0.05, 0.1) is 0 Å². The van der Waals surface area contributed by atoms with Crippen LogP contribution in [0.5, 0.6) is 0 Å². The van der Waals surface area contributed by atoms with Crippen molar-refractivity contribution in [1.82, 2.24) is 9.55 Å². The summed E-state index contributed by atoms with van der Waals surface area (Å²) in [5.41, 5.74) is -0.144. The SMILES string of the molecule is CCn1ccc(=O)[nH]c1=S. The van der Waals surface area contributed by atoms with Crippen molar-refractivity contribution in [2.24, 2.45) is 0 Å². The lowest BCUT2D eigenvalue weighted by molar-refractivity contribution is 0.715. The van der Waals surface area contributed by atoms with Crippen molar-refractivity contribution in [3.63, 3.8) is 0 Å². The van der Waals surface area contributed by atoms with Crippen LogP contribution in [0.2, 0.25) is 0 Å². The smallest absolute Gasteiger partial charge is 0.251 e. The van der Waals surface area contributed by atoms with Crippen LogP contribution in [0.4, 0.5) is 0 Å². The van der Waals surface area contributed by atoms with Crippen molar-refractivity contribution in [2.45, 2.75) is 13.5 Å². The van der Waals surface area contributed by atoms with Gasteiger partial charge in [0.1, 0.15) is 0 Å². The number of nitrogens with zero attached hydrogens (tertiary/aromatic N) is 1. The fraction of sp³-hybridized carbons (Fsp3) is 0.333. The van der Waals surface area contributed by atoms with Crippen molar-refractivity contribution in [3.05, 3.63) is 27.4 Å². The molecule has 10 heavy (non-hydrogen) atoms. The second-order valence-corrected chi connectivity index (χ2v) is 2.28. The molecule has 0 saturated heterocycles. The number of hydrogen-bond donors (Lipinski definition) is 1. The fourth-order valence-electron chi connectivity index (χ4n) is 0.693. The normalized spacial score (nSPS) is 9.70. The second-order valence-electron chi connectivity index (χ2n) is 1.90. The number of rotatable bonds is 1. The number of aromatic amines is 1. The maximum absolute atomic E-state index is 10.6. The van der Waals surface area contributed by atoms with Gasteiger partial charge in [0.15, 0.2) is 4.77 Å². The first-order valence-corrected chi connectivity index (χ1v) is 3.44. The molecule has 0 bridgehead atoms. The van der Waals surface area contributed by atoms with Crippen LogP contribution in [0.15, 0.2) is 17.1 Å². The van der Waals surface area contributed by atoms with Crippen molar-refractivity contribution >= 4 is 12.2 Å². The minimum atomic E-state index is -0.144. The summed E-state index contributed by atoms with van der Waals surface area (Å²) in [5, 5.41) is 0. The van der Waals surface area contributed by atoms with E-state index in [2.05, 4.69) is 4.98 Å². The van der Waals surface area contributed by atoms with Crippen LogP contribution in [0.3, 0.4) is 0 Å². The molecule has 0 radical (unpaired) electrons. The van der Waals surface area contributed by atoms with Crippen molar-refractivity contribution in [2.75, 3.05) is 0 Å². The molecule has 0 aliphatic rings. The first-order chi connectivity index (χ1) is 4.74. The van der Waals surface area contributed by atoms with Crippen LogP contribution in [0.1, 0.15) is 6.92 Å². The molecule has 1 aromatic rings. The Labute approximate surface area is 63.3 Å². The Morgan fingerprint density at radius 1 is 1.80 bits per heavy atom. The van der Waals surface area contributed by atoms with Crippen molar-refractivity contribution in [1.29, 1.82) is 0 Å². The Bertz CT molecular complexity index is 325. The third-order valence-corrected chi connectivity index (χ3v) is 1.57. The van der Waals surface area contributed by atoms with Crippen molar-refractivity contribution in [3.8, 4) is 0 Å². The van der Waals surface area contributed by atoms with Gasteiger partial charge in [0.25, 0.3) is 5.56 Å². The van der Waals surface area contributed by atoms with Gasteiger partial charge in [-0.1, -0.05) is 0 Å². The highest BCUT2D eigenvalue weighted by molar-refractivity contribution is 7.71.